The smallest absolute Gasteiger partial charge is 0.283 e. The van der Waals surface area contributed by atoms with Crippen LogP contribution in [0.2, 0.25) is 0 Å². The number of non-ortho nitro benzene ring substituents is 1. The number of carbonyl (C=O) groups excluding carboxylic acids is 1. The fourth-order valence-electron chi connectivity index (χ4n) is 3.16. The zero-order valence-corrected chi connectivity index (χ0v) is 17.1. The molecular weight excluding hydrogens is 430 g/mol. The lowest BCUT2D eigenvalue weighted by Gasteiger charge is -2.19. The van der Waals surface area contributed by atoms with Crippen molar-refractivity contribution in [3.63, 3.8) is 0 Å². The average Bonchev–Trinajstić information content (AvgIpc) is 3.45. The fourth-order valence-corrected chi connectivity index (χ4v) is 4.06. The number of nitrogens with one attached hydrogen (secondary N) is 1. The number of thioether (sulfide) groups is 1. The summed E-state index contributed by atoms with van der Waals surface area (Å²) in [5.41, 5.74) is 1.56. The molecule has 0 atom stereocenters. The maximum atomic E-state index is 12.6. The average molecular weight is 443 g/mol. The van der Waals surface area contributed by atoms with E-state index >= 15 is 0 Å². The number of nitro groups is 1. The Morgan fingerprint density at radius 2 is 1.78 bits per heavy atom. The van der Waals surface area contributed by atoms with Crippen LogP contribution in [0.4, 0.5) is 5.69 Å². The van der Waals surface area contributed by atoms with Gasteiger partial charge in [-0.05, 0) is 42.1 Å². The number of furan rings is 1. The second-order valence-electron chi connectivity index (χ2n) is 6.80. The van der Waals surface area contributed by atoms with Gasteiger partial charge in [-0.3, -0.25) is 20.3 Å². The third-order valence-corrected chi connectivity index (χ3v) is 5.71. The minimum absolute atomic E-state index is 0.0172. The first kappa shape index (κ1) is 19.6. The van der Waals surface area contributed by atoms with E-state index in [1.165, 1.54) is 35.0 Å². The first-order valence-electron chi connectivity index (χ1n) is 9.40. The number of amides is 1. The number of rotatable bonds is 4. The largest absolute Gasteiger partial charge is 0.457 e. The van der Waals surface area contributed by atoms with Gasteiger partial charge in [0.15, 0.2) is 5.84 Å². The predicted octanol–water partition coefficient (Wildman–Crippen LogP) is 4.52. The standard InChI is InChI=1S/C22H13N5O4S/c23-19-17(12-16-10-11-18(31-16)13-6-8-15(9-7-13)27(29)30)20(28)24-22-26(19)25-21(32-22)14-4-2-1-3-5-14/h1-12,23H/b17-12-,23-19?. The van der Waals surface area contributed by atoms with E-state index in [0.717, 1.165) is 5.56 Å². The molecule has 156 valence electrons. The summed E-state index contributed by atoms with van der Waals surface area (Å²) < 4.78 is 5.77. The number of amidine groups is 2. The van der Waals surface area contributed by atoms with Crippen LogP contribution in [0.25, 0.3) is 17.4 Å². The van der Waals surface area contributed by atoms with Crippen molar-refractivity contribution >= 4 is 45.5 Å². The first-order valence-corrected chi connectivity index (χ1v) is 10.2. The molecule has 0 aliphatic carbocycles. The minimum Gasteiger partial charge on any atom is -0.457 e. The Bertz CT molecular complexity index is 1360. The molecule has 0 unspecified atom stereocenters. The highest BCUT2D eigenvalue weighted by Crippen LogP contribution is 2.31. The van der Waals surface area contributed by atoms with Crippen molar-refractivity contribution in [3.05, 3.63) is 93.7 Å². The van der Waals surface area contributed by atoms with Crippen LogP contribution in [0.15, 0.2) is 86.8 Å². The summed E-state index contributed by atoms with van der Waals surface area (Å²) in [7, 11) is 0. The summed E-state index contributed by atoms with van der Waals surface area (Å²) >= 11 is 1.23. The molecule has 0 saturated heterocycles. The molecule has 2 aromatic carbocycles. The molecule has 32 heavy (non-hydrogen) atoms. The topological polar surface area (TPSA) is 125 Å². The van der Waals surface area contributed by atoms with Gasteiger partial charge in [-0.1, -0.05) is 30.3 Å². The summed E-state index contributed by atoms with van der Waals surface area (Å²) in [4.78, 5) is 27.0. The molecule has 0 radical (unpaired) electrons. The van der Waals surface area contributed by atoms with Gasteiger partial charge in [0.05, 0.1) is 10.5 Å². The normalized spacial score (nSPS) is 16.8. The van der Waals surface area contributed by atoms with Crippen LogP contribution in [0.1, 0.15) is 11.3 Å². The van der Waals surface area contributed by atoms with Crippen molar-refractivity contribution in [2.45, 2.75) is 0 Å². The number of benzene rings is 2. The van der Waals surface area contributed by atoms with Gasteiger partial charge in [-0.15, -0.1) is 0 Å². The Hall–Kier alpha value is -4.31. The van der Waals surface area contributed by atoms with Gasteiger partial charge < -0.3 is 4.42 Å². The monoisotopic (exact) mass is 443 g/mol. The SMILES string of the molecule is N=C1/C(=C/c2ccc(-c3ccc([N+](=O)[O-])cc3)o2)C(=O)N=C2SC(c3ccccc3)=NN12. The molecule has 2 aliphatic rings. The lowest BCUT2D eigenvalue weighted by atomic mass is 10.1. The zero-order valence-electron chi connectivity index (χ0n) is 16.3. The van der Waals surface area contributed by atoms with Gasteiger partial charge in [0.1, 0.15) is 16.6 Å². The fraction of sp³-hybridized carbons (Fsp3) is 0. The van der Waals surface area contributed by atoms with E-state index < -0.39 is 10.8 Å². The number of carbonyl (C=O) groups is 1. The van der Waals surface area contributed by atoms with Crippen molar-refractivity contribution in [2.24, 2.45) is 10.1 Å². The van der Waals surface area contributed by atoms with Gasteiger partial charge >= 0.3 is 0 Å². The van der Waals surface area contributed by atoms with Crippen LogP contribution in [0.3, 0.4) is 0 Å². The minimum atomic E-state index is -0.549. The van der Waals surface area contributed by atoms with Crippen LogP contribution in [0, 0.1) is 15.5 Å². The molecule has 3 aromatic rings. The molecule has 0 spiro atoms. The lowest BCUT2D eigenvalue weighted by molar-refractivity contribution is -0.384. The maximum Gasteiger partial charge on any atom is 0.283 e. The highest BCUT2D eigenvalue weighted by atomic mass is 32.2. The Morgan fingerprint density at radius 3 is 2.50 bits per heavy atom. The number of aliphatic imine (C=N–C) groups is 1. The predicted molar refractivity (Wildman–Crippen MR) is 121 cm³/mol. The molecule has 3 heterocycles. The molecule has 1 amide bonds. The number of nitrogens with zero attached hydrogens (tertiary/aromatic N) is 4. The van der Waals surface area contributed by atoms with Gasteiger partial charge in [-0.25, -0.2) is 0 Å². The molecule has 1 aromatic heterocycles. The van der Waals surface area contributed by atoms with Crippen molar-refractivity contribution < 1.29 is 14.1 Å². The Morgan fingerprint density at radius 1 is 1.03 bits per heavy atom. The van der Waals surface area contributed by atoms with E-state index in [9.17, 15) is 14.9 Å². The van der Waals surface area contributed by atoms with Crippen LogP contribution in [-0.4, -0.2) is 31.9 Å². The molecule has 10 heteroatoms. The quantitative estimate of drug-likeness (QED) is 0.359. The molecule has 1 N–H and O–H groups in total. The summed E-state index contributed by atoms with van der Waals surface area (Å²) in [5, 5.41) is 26.0. The number of hydrazone groups is 1. The van der Waals surface area contributed by atoms with Gasteiger partial charge in [-0.2, -0.15) is 15.1 Å². The highest BCUT2D eigenvalue weighted by molar-refractivity contribution is 8.27. The molecule has 0 saturated carbocycles. The third-order valence-electron chi connectivity index (χ3n) is 4.75. The van der Waals surface area contributed by atoms with E-state index in [-0.39, 0.29) is 17.1 Å². The Kier molecular flexibility index (Phi) is 4.75. The van der Waals surface area contributed by atoms with Crippen molar-refractivity contribution in [1.29, 1.82) is 5.41 Å². The molecule has 2 aliphatic heterocycles. The Balaban J connectivity index is 1.42. The highest BCUT2D eigenvalue weighted by Gasteiger charge is 2.36. The molecule has 0 bridgehead atoms. The van der Waals surface area contributed by atoms with Crippen LogP contribution in [-0.2, 0) is 4.79 Å². The second-order valence-corrected chi connectivity index (χ2v) is 7.75. The summed E-state index contributed by atoms with van der Waals surface area (Å²) in [6, 6.07) is 18.8. The summed E-state index contributed by atoms with van der Waals surface area (Å²) in [6.07, 6.45) is 1.44. The number of hydrogen-bond acceptors (Lipinski definition) is 7. The van der Waals surface area contributed by atoms with E-state index in [1.54, 1.807) is 24.3 Å². The molecular formula is C22H13N5O4S. The van der Waals surface area contributed by atoms with Crippen LogP contribution < -0.4 is 0 Å². The zero-order chi connectivity index (χ0) is 22.2. The number of nitro benzene ring substituents is 1. The van der Waals surface area contributed by atoms with Gasteiger partial charge in [0.2, 0.25) is 5.17 Å². The van der Waals surface area contributed by atoms with Gasteiger partial charge in [0.25, 0.3) is 11.6 Å². The van der Waals surface area contributed by atoms with E-state index in [4.69, 9.17) is 9.83 Å². The van der Waals surface area contributed by atoms with E-state index in [2.05, 4.69) is 10.1 Å². The lowest BCUT2D eigenvalue weighted by Crippen LogP contribution is -2.35. The van der Waals surface area contributed by atoms with Gasteiger partial charge in [0, 0.05) is 23.3 Å². The van der Waals surface area contributed by atoms with E-state index in [1.807, 2.05) is 30.3 Å². The molecule has 9 nitrogen and oxygen atoms in total. The number of fused-ring (bicyclic) bond motifs is 1. The van der Waals surface area contributed by atoms with Crippen molar-refractivity contribution in [1.82, 2.24) is 5.01 Å². The van der Waals surface area contributed by atoms with E-state index in [0.29, 0.717) is 27.3 Å². The molecule has 0 fully saturated rings. The maximum absolute atomic E-state index is 12.6. The van der Waals surface area contributed by atoms with Crippen LogP contribution in [0.5, 0.6) is 0 Å². The van der Waals surface area contributed by atoms with Crippen molar-refractivity contribution in [3.8, 4) is 11.3 Å². The number of hydrogen-bond donors (Lipinski definition) is 1. The molecule has 5 rings (SSSR count). The first-order chi connectivity index (χ1) is 15.5. The van der Waals surface area contributed by atoms with Crippen LogP contribution >= 0.6 is 11.8 Å². The van der Waals surface area contributed by atoms with Crippen molar-refractivity contribution in [2.75, 3.05) is 0 Å². The summed E-state index contributed by atoms with van der Waals surface area (Å²) in [6.45, 7) is 0. The Labute approximate surface area is 185 Å². The summed E-state index contributed by atoms with van der Waals surface area (Å²) in [5.74, 6) is 0.189. The second kappa shape index (κ2) is 7.75. The third kappa shape index (κ3) is 3.52.